The van der Waals surface area contributed by atoms with E-state index in [4.69, 9.17) is 4.42 Å². The van der Waals surface area contributed by atoms with Gasteiger partial charge < -0.3 is 9.32 Å². The van der Waals surface area contributed by atoms with Gasteiger partial charge in [-0.3, -0.25) is 14.9 Å². The Morgan fingerprint density at radius 1 is 1.14 bits per heavy atom. The van der Waals surface area contributed by atoms with E-state index in [0.717, 1.165) is 0 Å². The quantitative estimate of drug-likeness (QED) is 0.250. The summed E-state index contributed by atoms with van der Waals surface area (Å²) in [5.74, 6) is -0.0861. The fraction of sp³-hybridized carbons (Fsp3) is 0. The molecule has 0 spiro atoms. The van der Waals surface area contributed by atoms with Crippen molar-refractivity contribution in [1.29, 1.82) is 10.5 Å². The monoisotopic (exact) mass is 384 g/mol. The molecule has 8 nitrogen and oxygen atoms in total. The van der Waals surface area contributed by atoms with Gasteiger partial charge in [-0.05, 0) is 36.4 Å². The van der Waals surface area contributed by atoms with E-state index in [0.29, 0.717) is 5.76 Å². The van der Waals surface area contributed by atoms with Crippen LogP contribution in [0, 0.1) is 32.8 Å². The zero-order valence-electron chi connectivity index (χ0n) is 14.9. The lowest BCUT2D eigenvalue weighted by Gasteiger charge is -2.25. The van der Waals surface area contributed by atoms with Crippen molar-refractivity contribution < 1.29 is 14.1 Å². The second-order valence-corrected chi connectivity index (χ2v) is 5.73. The molecule has 0 amide bonds. The van der Waals surface area contributed by atoms with Gasteiger partial charge in [0.25, 0.3) is 5.69 Å². The number of furan rings is 1. The van der Waals surface area contributed by atoms with E-state index in [2.05, 4.69) is 0 Å². The zero-order chi connectivity index (χ0) is 20.8. The summed E-state index contributed by atoms with van der Waals surface area (Å²) < 4.78 is 5.31. The molecule has 0 atom stereocenters. The second kappa shape index (κ2) is 8.33. The fourth-order valence-corrected chi connectivity index (χ4v) is 2.63. The molecule has 0 fully saturated rings. The van der Waals surface area contributed by atoms with Crippen molar-refractivity contribution in [3.63, 3.8) is 0 Å². The van der Waals surface area contributed by atoms with Crippen LogP contribution >= 0.6 is 0 Å². The third kappa shape index (κ3) is 4.02. The summed E-state index contributed by atoms with van der Waals surface area (Å²) in [6, 6.07) is 12.1. The summed E-state index contributed by atoms with van der Waals surface area (Å²) >= 11 is 0. The number of carbonyl (C=O) groups is 1. The standard InChI is InChI=1S/C21H12N4O4/c22-13-16(14-23)19-5-1-2-10-24(19)20(12-18-4-3-11-29-18)21(26)15-6-8-17(9-7-15)25(27)28/h1-12H/b20-12-. The molecule has 2 heterocycles. The molecule has 1 aliphatic rings. The van der Waals surface area contributed by atoms with Crippen LogP contribution in [0.3, 0.4) is 0 Å². The molecule has 0 saturated heterocycles. The highest BCUT2D eigenvalue weighted by Crippen LogP contribution is 2.27. The van der Waals surface area contributed by atoms with Crippen molar-refractivity contribution in [2.45, 2.75) is 0 Å². The molecule has 0 bridgehead atoms. The number of allylic oxidation sites excluding steroid dienone is 5. The highest BCUT2D eigenvalue weighted by molar-refractivity contribution is 6.11. The molecule has 140 valence electrons. The van der Waals surface area contributed by atoms with Crippen LogP contribution in [-0.2, 0) is 0 Å². The van der Waals surface area contributed by atoms with Crippen LogP contribution in [0.5, 0.6) is 0 Å². The highest BCUT2D eigenvalue weighted by Gasteiger charge is 2.24. The summed E-state index contributed by atoms with van der Waals surface area (Å²) in [5.41, 5.74) is 0.215. The van der Waals surface area contributed by atoms with Crippen LogP contribution in [0.15, 0.2) is 88.5 Å². The minimum Gasteiger partial charge on any atom is -0.465 e. The molecule has 2 aromatic rings. The molecular weight excluding hydrogens is 372 g/mol. The number of benzene rings is 1. The van der Waals surface area contributed by atoms with Crippen LogP contribution in [0.25, 0.3) is 6.08 Å². The van der Waals surface area contributed by atoms with Crippen LogP contribution in [-0.4, -0.2) is 15.6 Å². The number of nitro groups is 1. The zero-order valence-corrected chi connectivity index (χ0v) is 14.9. The molecule has 29 heavy (non-hydrogen) atoms. The van der Waals surface area contributed by atoms with E-state index in [-0.39, 0.29) is 28.2 Å². The smallest absolute Gasteiger partial charge is 0.269 e. The van der Waals surface area contributed by atoms with Crippen LogP contribution in [0.4, 0.5) is 5.69 Å². The van der Waals surface area contributed by atoms with Crippen molar-refractivity contribution in [3.05, 3.63) is 105 Å². The average Bonchev–Trinajstić information content (AvgIpc) is 3.26. The number of hydrogen-bond acceptors (Lipinski definition) is 7. The van der Waals surface area contributed by atoms with Gasteiger partial charge in [-0.15, -0.1) is 0 Å². The first-order valence-corrected chi connectivity index (χ1v) is 8.28. The number of Topliss-reactive ketones (excluding diaryl/α,β-unsaturated/α-hetero) is 1. The van der Waals surface area contributed by atoms with Crippen LogP contribution in [0.2, 0.25) is 0 Å². The lowest BCUT2D eigenvalue weighted by Crippen LogP contribution is -2.24. The third-order valence-electron chi connectivity index (χ3n) is 3.99. The third-order valence-corrected chi connectivity index (χ3v) is 3.99. The molecule has 1 aromatic heterocycles. The van der Waals surface area contributed by atoms with E-state index in [1.54, 1.807) is 36.6 Å². The van der Waals surface area contributed by atoms with Crippen molar-refractivity contribution in [2.24, 2.45) is 0 Å². The Kier molecular flexibility index (Phi) is 5.48. The van der Waals surface area contributed by atoms with E-state index in [1.165, 1.54) is 41.5 Å². The van der Waals surface area contributed by atoms with Gasteiger partial charge in [0.05, 0.1) is 22.6 Å². The average molecular weight is 384 g/mol. The molecule has 0 N–H and O–H groups in total. The minimum absolute atomic E-state index is 0.104. The topological polar surface area (TPSA) is 124 Å². The predicted molar refractivity (Wildman–Crippen MR) is 102 cm³/mol. The SMILES string of the molecule is N#CC(C#N)=C1C=CC=CN1/C(=C\c1ccco1)C(=O)c1ccc([N+](=O)[O-])cc1. The molecule has 0 radical (unpaired) electrons. The summed E-state index contributed by atoms with van der Waals surface area (Å²) in [6.07, 6.45) is 9.29. The highest BCUT2D eigenvalue weighted by atomic mass is 16.6. The molecular formula is C21H12N4O4. The van der Waals surface area contributed by atoms with Crippen molar-refractivity contribution in [2.75, 3.05) is 0 Å². The first-order valence-electron chi connectivity index (χ1n) is 8.28. The Bertz CT molecular complexity index is 1140. The Hall–Kier alpha value is -4.69. The molecule has 0 unspecified atom stereocenters. The predicted octanol–water partition coefficient (Wildman–Crippen LogP) is 4.10. The number of ketones is 1. The van der Waals surface area contributed by atoms with Gasteiger partial charge in [0.2, 0.25) is 5.78 Å². The molecule has 1 aliphatic heterocycles. The van der Waals surface area contributed by atoms with Gasteiger partial charge in [0.1, 0.15) is 17.9 Å². The van der Waals surface area contributed by atoms with E-state index in [1.807, 2.05) is 12.1 Å². The number of hydrogen-bond donors (Lipinski definition) is 0. The fourth-order valence-electron chi connectivity index (χ4n) is 2.63. The van der Waals surface area contributed by atoms with Gasteiger partial charge in [0, 0.05) is 30.0 Å². The molecule has 1 aromatic carbocycles. The maximum atomic E-state index is 13.2. The molecule has 3 rings (SSSR count). The van der Waals surface area contributed by atoms with Gasteiger partial charge in [-0.25, -0.2) is 0 Å². The maximum absolute atomic E-state index is 13.2. The van der Waals surface area contributed by atoms with Crippen molar-refractivity contribution >= 4 is 17.5 Å². The van der Waals surface area contributed by atoms with Crippen molar-refractivity contribution in [3.8, 4) is 12.1 Å². The number of nitro benzene ring substituents is 1. The first-order chi connectivity index (χ1) is 14.0. The van der Waals surface area contributed by atoms with E-state index in [9.17, 15) is 25.4 Å². The Morgan fingerprint density at radius 3 is 2.45 bits per heavy atom. The van der Waals surface area contributed by atoms with Gasteiger partial charge in [0.15, 0.2) is 5.57 Å². The first kappa shape index (κ1) is 19.1. The van der Waals surface area contributed by atoms with E-state index >= 15 is 0 Å². The normalized spacial score (nSPS) is 13.0. The van der Waals surface area contributed by atoms with Gasteiger partial charge >= 0.3 is 0 Å². The van der Waals surface area contributed by atoms with Crippen LogP contribution in [0.1, 0.15) is 16.1 Å². The second-order valence-electron chi connectivity index (χ2n) is 5.73. The summed E-state index contributed by atoms with van der Waals surface area (Å²) in [7, 11) is 0. The molecule has 8 heteroatoms. The number of nitrogens with zero attached hydrogens (tertiary/aromatic N) is 4. The van der Waals surface area contributed by atoms with Crippen molar-refractivity contribution in [1.82, 2.24) is 4.90 Å². The van der Waals surface area contributed by atoms with Gasteiger partial charge in [-0.1, -0.05) is 6.08 Å². The van der Waals surface area contributed by atoms with Crippen LogP contribution < -0.4 is 0 Å². The number of rotatable bonds is 5. The number of non-ortho nitro benzene ring substituents is 1. The van der Waals surface area contributed by atoms with E-state index < -0.39 is 10.7 Å². The van der Waals surface area contributed by atoms with Gasteiger partial charge in [-0.2, -0.15) is 10.5 Å². The lowest BCUT2D eigenvalue weighted by molar-refractivity contribution is -0.384. The lowest BCUT2D eigenvalue weighted by atomic mass is 10.0. The summed E-state index contributed by atoms with van der Waals surface area (Å²) in [5, 5.41) is 29.4. The Morgan fingerprint density at radius 2 is 1.86 bits per heavy atom. The maximum Gasteiger partial charge on any atom is 0.269 e. The molecule has 0 saturated carbocycles. The minimum atomic E-state index is -0.557. The summed E-state index contributed by atoms with van der Waals surface area (Å²) in [6.45, 7) is 0. The Labute approximate surface area is 165 Å². The number of nitriles is 2. The molecule has 0 aliphatic carbocycles. The summed E-state index contributed by atoms with van der Waals surface area (Å²) in [4.78, 5) is 24.9. The number of carbonyl (C=O) groups excluding carboxylic acids is 1. The largest absolute Gasteiger partial charge is 0.465 e. The Balaban J connectivity index is 2.12.